The van der Waals surface area contributed by atoms with Crippen molar-refractivity contribution in [2.75, 3.05) is 6.26 Å². The summed E-state index contributed by atoms with van der Waals surface area (Å²) in [5.74, 6) is -0.618. The van der Waals surface area contributed by atoms with Crippen LogP contribution in [0.25, 0.3) is 5.69 Å². The van der Waals surface area contributed by atoms with Crippen molar-refractivity contribution in [2.24, 2.45) is 0 Å². The average Bonchev–Trinajstić information content (AvgIpc) is 2.62. The van der Waals surface area contributed by atoms with Gasteiger partial charge in [-0.15, -0.1) is 11.8 Å². The highest BCUT2D eigenvalue weighted by Crippen LogP contribution is 2.30. The molecule has 0 unspecified atom stereocenters. The lowest BCUT2D eigenvalue weighted by molar-refractivity contribution is 0.103. The molecule has 0 aliphatic rings. The van der Waals surface area contributed by atoms with Crippen LogP contribution in [0.15, 0.2) is 76.6 Å². The normalized spacial score (nSPS) is 10.5. The van der Waals surface area contributed by atoms with E-state index in [1.165, 1.54) is 16.3 Å². The van der Waals surface area contributed by atoms with Crippen molar-refractivity contribution >= 4 is 17.5 Å². The minimum Gasteiger partial charge on any atom is -0.507 e. The fourth-order valence-corrected chi connectivity index (χ4v) is 3.32. The summed E-state index contributed by atoms with van der Waals surface area (Å²) in [6, 6.07) is 18.8. The Morgan fingerprint density at radius 1 is 1.00 bits per heavy atom. The number of carbonyl (C=O) groups excluding carboxylic acids is 1. The van der Waals surface area contributed by atoms with Crippen LogP contribution < -0.4 is 5.56 Å². The van der Waals surface area contributed by atoms with E-state index in [0.717, 1.165) is 6.07 Å². The van der Waals surface area contributed by atoms with Gasteiger partial charge in [-0.1, -0.05) is 48.5 Å². The van der Waals surface area contributed by atoms with Gasteiger partial charge in [-0.2, -0.15) is 0 Å². The third-order valence-corrected chi connectivity index (χ3v) is 4.40. The monoisotopic (exact) mass is 337 g/mol. The largest absolute Gasteiger partial charge is 0.507 e. The van der Waals surface area contributed by atoms with Gasteiger partial charge in [-0.25, -0.2) is 0 Å². The van der Waals surface area contributed by atoms with Gasteiger partial charge < -0.3 is 5.11 Å². The molecule has 3 rings (SSSR count). The van der Waals surface area contributed by atoms with Crippen LogP contribution in [0.5, 0.6) is 5.75 Å². The van der Waals surface area contributed by atoms with E-state index in [-0.39, 0.29) is 22.7 Å². The van der Waals surface area contributed by atoms with Crippen LogP contribution in [0.3, 0.4) is 0 Å². The standard InChI is InChI=1S/C19H15NO3S/c1-24-19-17(18(23)13-8-4-2-5-9-13)15(21)12-16(22)20(19)14-10-6-3-7-11-14/h2-12,21H,1H3. The number of hydrogen-bond acceptors (Lipinski definition) is 4. The molecule has 5 heteroatoms. The molecule has 1 aromatic heterocycles. The molecule has 4 nitrogen and oxygen atoms in total. The quantitative estimate of drug-likeness (QED) is 0.585. The minimum absolute atomic E-state index is 0.136. The van der Waals surface area contributed by atoms with Gasteiger partial charge in [0.2, 0.25) is 0 Å². The van der Waals surface area contributed by atoms with Crippen molar-refractivity contribution in [3.8, 4) is 11.4 Å². The Morgan fingerprint density at radius 3 is 2.17 bits per heavy atom. The molecule has 0 aliphatic carbocycles. The van der Waals surface area contributed by atoms with E-state index in [0.29, 0.717) is 16.3 Å². The number of nitrogens with zero attached hydrogens (tertiary/aromatic N) is 1. The van der Waals surface area contributed by atoms with E-state index >= 15 is 0 Å². The van der Waals surface area contributed by atoms with Crippen LogP contribution in [0.4, 0.5) is 0 Å². The lowest BCUT2D eigenvalue weighted by atomic mass is 10.0. The van der Waals surface area contributed by atoms with Gasteiger partial charge in [0.05, 0.1) is 10.6 Å². The summed E-state index contributed by atoms with van der Waals surface area (Å²) in [7, 11) is 0. The number of aromatic hydroxyl groups is 1. The molecule has 0 atom stereocenters. The van der Waals surface area contributed by atoms with Crippen LogP contribution in [-0.4, -0.2) is 21.7 Å². The summed E-state index contributed by atoms with van der Waals surface area (Å²) in [4.78, 5) is 25.3. The smallest absolute Gasteiger partial charge is 0.259 e. The molecule has 0 amide bonds. The summed E-state index contributed by atoms with van der Waals surface area (Å²) >= 11 is 1.25. The Morgan fingerprint density at radius 2 is 1.58 bits per heavy atom. The van der Waals surface area contributed by atoms with Gasteiger partial charge in [-0.05, 0) is 18.4 Å². The van der Waals surface area contributed by atoms with E-state index in [2.05, 4.69) is 0 Å². The summed E-state index contributed by atoms with van der Waals surface area (Å²) in [5, 5.41) is 10.7. The highest BCUT2D eigenvalue weighted by Gasteiger charge is 2.22. The lowest BCUT2D eigenvalue weighted by Gasteiger charge is -2.16. The van der Waals surface area contributed by atoms with Crippen molar-refractivity contribution in [2.45, 2.75) is 5.03 Å². The number of para-hydroxylation sites is 1. The zero-order valence-corrected chi connectivity index (χ0v) is 13.8. The maximum atomic E-state index is 12.9. The van der Waals surface area contributed by atoms with Gasteiger partial charge in [-0.3, -0.25) is 14.2 Å². The van der Waals surface area contributed by atoms with E-state index in [4.69, 9.17) is 0 Å². The SMILES string of the molecule is CSc1c(C(=O)c2ccccc2)c(O)cc(=O)n1-c1ccccc1. The molecule has 0 saturated carbocycles. The molecule has 0 saturated heterocycles. The molecular formula is C19H15NO3S. The first-order valence-corrected chi connectivity index (χ1v) is 8.54. The highest BCUT2D eigenvalue weighted by molar-refractivity contribution is 7.98. The molecule has 2 aromatic carbocycles. The number of thioether (sulfide) groups is 1. The van der Waals surface area contributed by atoms with Crippen LogP contribution >= 0.6 is 11.8 Å². The van der Waals surface area contributed by atoms with Crippen LogP contribution in [0, 0.1) is 0 Å². The van der Waals surface area contributed by atoms with Gasteiger partial charge >= 0.3 is 0 Å². The van der Waals surface area contributed by atoms with E-state index in [1.807, 2.05) is 24.3 Å². The Labute approximate surface area is 143 Å². The van der Waals surface area contributed by atoms with Crippen molar-refractivity contribution < 1.29 is 9.90 Å². The molecule has 0 spiro atoms. The van der Waals surface area contributed by atoms with Crippen molar-refractivity contribution in [1.29, 1.82) is 0 Å². The fraction of sp³-hybridized carbons (Fsp3) is 0.0526. The second-order valence-electron chi connectivity index (χ2n) is 5.12. The van der Waals surface area contributed by atoms with E-state index < -0.39 is 0 Å². The van der Waals surface area contributed by atoms with Crippen LogP contribution in [0.2, 0.25) is 0 Å². The van der Waals surface area contributed by atoms with Crippen LogP contribution in [-0.2, 0) is 0 Å². The Balaban J connectivity index is 2.28. The van der Waals surface area contributed by atoms with Gasteiger partial charge in [0.1, 0.15) is 5.75 Å². The molecule has 1 heterocycles. The number of pyridine rings is 1. The maximum Gasteiger partial charge on any atom is 0.259 e. The van der Waals surface area contributed by atoms with Crippen molar-refractivity contribution in [1.82, 2.24) is 4.57 Å². The zero-order chi connectivity index (χ0) is 17.1. The fourth-order valence-electron chi connectivity index (χ4n) is 2.54. The second kappa shape index (κ2) is 6.76. The van der Waals surface area contributed by atoms with E-state index in [9.17, 15) is 14.7 Å². The molecule has 0 bridgehead atoms. The van der Waals surface area contributed by atoms with E-state index in [1.54, 1.807) is 42.7 Å². The molecule has 0 radical (unpaired) electrons. The molecule has 3 aromatic rings. The minimum atomic E-state index is -0.382. The third kappa shape index (κ3) is 2.86. The summed E-state index contributed by atoms with van der Waals surface area (Å²) in [6.07, 6.45) is 1.77. The third-order valence-electron chi connectivity index (χ3n) is 3.62. The maximum absolute atomic E-state index is 12.9. The summed E-state index contributed by atoms with van der Waals surface area (Å²) < 4.78 is 1.44. The van der Waals surface area contributed by atoms with Gasteiger partial charge in [0.15, 0.2) is 5.78 Å². The molecule has 24 heavy (non-hydrogen) atoms. The van der Waals surface area contributed by atoms with Crippen molar-refractivity contribution in [3.05, 3.63) is 88.2 Å². The number of rotatable bonds is 4. The highest BCUT2D eigenvalue weighted by atomic mass is 32.2. The molecule has 120 valence electrons. The average molecular weight is 337 g/mol. The van der Waals surface area contributed by atoms with Crippen LogP contribution in [0.1, 0.15) is 15.9 Å². The zero-order valence-electron chi connectivity index (χ0n) is 13.0. The second-order valence-corrected chi connectivity index (χ2v) is 5.91. The first kappa shape index (κ1) is 16.1. The molecule has 0 fully saturated rings. The number of hydrogen-bond donors (Lipinski definition) is 1. The molecule has 1 N–H and O–H groups in total. The molecular weight excluding hydrogens is 322 g/mol. The Kier molecular flexibility index (Phi) is 4.53. The first-order chi connectivity index (χ1) is 11.6. The number of aromatic nitrogens is 1. The van der Waals surface area contributed by atoms with Crippen molar-refractivity contribution in [3.63, 3.8) is 0 Å². The molecule has 0 aliphatic heterocycles. The topological polar surface area (TPSA) is 59.3 Å². The number of benzene rings is 2. The predicted octanol–water partition coefficient (Wildman–Crippen LogP) is 3.50. The summed E-state index contributed by atoms with van der Waals surface area (Å²) in [6.45, 7) is 0. The number of ketones is 1. The first-order valence-electron chi connectivity index (χ1n) is 7.31. The lowest BCUT2D eigenvalue weighted by Crippen LogP contribution is -2.22. The number of carbonyl (C=O) groups is 1. The predicted molar refractivity (Wildman–Crippen MR) is 95.4 cm³/mol. The Hall–Kier alpha value is -2.79. The Bertz CT molecular complexity index is 934. The van der Waals surface area contributed by atoms with Gasteiger partial charge in [0.25, 0.3) is 5.56 Å². The summed E-state index contributed by atoms with van der Waals surface area (Å²) in [5.41, 5.74) is 0.861. The van der Waals surface area contributed by atoms with Gasteiger partial charge in [0, 0.05) is 17.3 Å².